The molecule has 1 rings (SSSR count). The number of nitrogens with zero attached hydrogens (tertiary/aromatic N) is 1. The lowest BCUT2D eigenvalue weighted by Crippen LogP contribution is -2.01. The average Bonchev–Trinajstić information content (AvgIpc) is 2.05. The molecule has 0 saturated carbocycles. The summed E-state index contributed by atoms with van der Waals surface area (Å²) in [6, 6.07) is 3.67. The Balaban J connectivity index is 2.85. The average molecular weight is 167 g/mol. The Morgan fingerprint density at radius 3 is 2.91 bits per heavy atom. The van der Waals surface area contributed by atoms with E-state index in [1.807, 2.05) is 19.1 Å². The molecule has 0 aromatic carbocycles. The van der Waals surface area contributed by atoms with Crippen molar-refractivity contribution in [2.45, 2.75) is 12.8 Å². The first-order valence-electron chi connectivity index (χ1n) is 3.34. The van der Waals surface area contributed by atoms with Gasteiger partial charge in [-0.05, 0) is 11.6 Å². The molecule has 58 valence electrons. The van der Waals surface area contributed by atoms with Gasteiger partial charge in [-0.15, -0.1) is 12.6 Å². The van der Waals surface area contributed by atoms with Crippen LogP contribution in [0.5, 0.6) is 0 Å². The fourth-order valence-electron chi connectivity index (χ4n) is 0.775. The number of rotatable bonds is 2. The fourth-order valence-corrected chi connectivity index (χ4v) is 0.924. The predicted octanol–water partition coefficient (Wildman–Crippen LogP) is 1.64. The van der Waals surface area contributed by atoms with Gasteiger partial charge >= 0.3 is 0 Å². The van der Waals surface area contributed by atoms with Crippen LogP contribution in [0.3, 0.4) is 0 Å². The van der Waals surface area contributed by atoms with Crippen LogP contribution in [0.25, 0.3) is 0 Å². The SMILES string of the molecule is CC(C(=O)S)c1cccnc1. The second-order valence-electron chi connectivity index (χ2n) is 2.35. The molecular formula is C8H9NOS. The quantitative estimate of drug-likeness (QED) is 0.679. The van der Waals surface area contributed by atoms with Gasteiger partial charge < -0.3 is 0 Å². The first kappa shape index (κ1) is 8.27. The third-order valence-corrected chi connectivity index (χ3v) is 1.94. The van der Waals surface area contributed by atoms with E-state index in [-0.39, 0.29) is 11.0 Å². The maximum absolute atomic E-state index is 10.8. The number of hydrogen-bond donors (Lipinski definition) is 1. The van der Waals surface area contributed by atoms with Gasteiger partial charge in [0.15, 0.2) is 5.12 Å². The molecule has 1 unspecified atom stereocenters. The van der Waals surface area contributed by atoms with Crippen LogP contribution in [-0.4, -0.2) is 10.1 Å². The van der Waals surface area contributed by atoms with Crippen molar-refractivity contribution in [3.05, 3.63) is 30.1 Å². The molecule has 0 bridgehead atoms. The van der Waals surface area contributed by atoms with Gasteiger partial charge in [0.25, 0.3) is 0 Å². The summed E-state index contributed by atoms with van der Waals surface area (Å²) in [4.78, 5) is 14.7. The molecule has 0 N–H and O–H groups in total. The van der Waals surface area contributed by atoms with Crippen molar-refractivity contribution in [2.75, 3.05) is 0 Å². The van der Waals surface area contributed by atoms with Gasteiger partial charge in [-0.2, -0.15) is 0 Å². The van der Waals surface area contributed by atoms with Crippen molar-refractivity contribution in [2.24, 2.45) is 0 Å². The van der Waals surface area contributed by atoms with E-state index in [0.717, 1.165) is 5.56 Å². The molecule has 0 saturated heterocycles. The van der Waals surface area contributed by atoms with E-state index in [1.54, 1.807) is 12.4 Å². The Kier molecular flexibility index (Phi) is 2.65. The third kappa shape index (κ3) is 2.05. The highest BCUT2D eigenvalue weighted by Gasteiger charge is 2.10. The lowest BCUT2D eigenvalue weighted by Gasteiger charge is -2.04. The van der Waals surface area contributed by atoms with Crippen LogP contribution in [-0.2, 0) is 4.79 Å². The summed E-state index contributed by atoms with van der Waals surface area (Å²) in [5, 5.41) is -0.127. The second kappa shape index (κ2) is 3.53. The van der Waals surface area contributed by atoms with Gasteiger partial charge in [-0.1, -0.05) is 13.0 Å². The van der Waals surface area contributed by atoms with Crippen molar-refractivity contribution in [1.29, 1.82) is 0 Å². The Bertz CT molecular complexity index is 248. The van der Waals surface area contributed by atoms with E-state index in [4.69, 9.17) is 0 Å². The lowest BCUT2D eigenvalue weighted by atomic mass is 10.1. The monoisotopic (exact) mass is 167 g/mol. The highest BCUT2D eigenvalue weighted by molar-refractivity contribution is 7.96. The predicted molar refractivity (Wildman–Crippen MR) is 46.6 cm³/mol. The standard InChI is InChI=1S/C8H9NOS/c1-6(8(10)11)7-3-2-4-9-5-7/h2-6H,1H3,(H,10,11). The number of aromatic nitrogens is 1. The molecule has 0 aliphatic heterocycles. The van der Waals surface area contributed by atoms with E-state index >= 15 is 0 Å². The van der Waals surface area contributed by atoms with Gasteiger partial charge in [0, 0.05) is 12.4 Å². The Hall–Kier alpha value is -0.830. The zero-order valence-corrected chi connectivity index (χ0v) is 7.08. The van der Waals surface area contributed by atoms with Crippen molar-refractivity contribution in [1.82, 2.24) is 4.98 Å². The summed E-state index contributed by atoms with van der Waals surface area (Å²) in [7, 11) is 0. The molecule has 0 aliphatic carbocycles. The zero-order chi connectivity index (χ0) is 8.27. The topological polar surface area (TPSA) is 30.0 Å². The molecule has 1 aromatic heterocycles. The summed E-state index contributed by atoms with van der Waals surface area (Å²) in [5.74, 6) is -0.160. The van der Waals surface area contributed by atoms with E-state index < -0.39 is 0 Å². The minimum Gasteiger partial charge on any atom is -0.287 e. The first-order valence-corrected chi connectivity index (χ1v) is 3.79. The van der Waals surface area contributed by atoms with Crippen LogP contribution in [0, 0.1) is 0 Å². The van der Waals surface area contributed by atoms with Crippen molar-refractivity contribution in [3.8, 4) is 0 Å². The smallest absolute Gasteiger partial charge is 0.193 e. The Morgan fingerprint density at radius 2 is 2.45 bits per heavy atom. The third-order valence-electron chi connectivity index (χ3n) is 1.55. The lowest BCUT2D eigenvalue weighted by molar-refractivity contribution is -0.111. The largest absolute Gasteiger partial charge is 0.287 e. The summed E-state index contributed by atoms with van der Waals surface area (Å²) in [6.45, 7) is 1.81. The highest BCUT2D eigenvalue weighted by Crippen LogP contribution is 2.15. The van der Waals surface area contributed by atoms with Gasteiger partial charge in [0.2, 0.25) is 0 Å². The van der Waals surface area contributed by atoms with Crippen LogP contribution < -0.4 is 0 Å². The highest BCUT2D eigenvalue weighted by atomic mass is 32.1. The van der Waals surface area contributed by atoms with Gasteiger partial charge in [0.05, 0.1) is 5.92 Å². The van der Waals surface area contributed by atoms with Crippen LogP contribution in [0.1, 0.15) is 18.4 Å². The summed E-state index contributed by atoms with van der Waals surface area (Å²) in [5.41, 5.74) is 0.910. The molecule has 1 atom stereocenters. The number of pyridine rings is 1. The molecule has 3 heteroatoms. The van der Waals surface area contributed by atoms with Crippen LogP contribution in [0.4, 0.5) is 0 Å². The van der Waals surface area contributed by atoms with E-state index in [1.165, 1.54) is 0 Å². The van der Waals surface area contributed by atoms with Crippen LogP contribution in [0.15, 0.2) is 24.5 Å². The first-order chi connectivity index (χ1) is 5.22. The Labute approximate surface area is 71.1 Å². The van der Waals surface area contributed by atoms with Gasteiger partial charge in [-0.25, -0.2) is 0 Å². The van der Waals surface area contributed by atoms with Crippen molar-refractivity contribution < 1.29 is 4.79 Å². The van der Waals surface area contributed by atoms with Crippen LogP contribution in [0.2, 0.25) is 0 Å². The fraction of sp³-hybridized carbons (Fsp3) is 0.250. The molecule has 2 nitrogen and oxygen atoms in total. The van der Waals surface area contributed by atoms with E-state index in [2.05, 4.69) is 17.6 Å². The number of thiol groups is 1. The molecule has 1 heterocycles. The number of hydrogen-bond acceptors (Lipinski definition) is 2. The summed E-state index contributed by atoms with van der Waals surface area (Å²) < 4.78 is 0. The number of carbonyl (C=O) groups excluding carboxylic acids is 1. The minimum absolute atomic E-state index is 0.127. The maximum Gasteiger partial charge on any atom is 0.193 e. The molecule has 1 aromatic rings. The van der Waals surface area contributed by atoms with E-state index in [9.17, 15) is 4.79 Å². The van der Waals surface area contributed by atoms with Gasteiger partial charge in [-0.3, -0.25) is 9.78 Å². The molecule has 0 aliphatic rings. The maximum atomic E-state index is 10.8. The van der Waals surface area contributed by atoms with Crippen molar-refractivity contribution >= 4 is 17.7 Å². The summed E-state index contributed by atoms with van der Waals surface area (Å²) >= 11 is 3.74. The molecule has 0 amide bonds. The second-order valence-corrected chi connectivity index (χ2v) is 2.79. The minimum atomic E-state index is -0.160. The van der Waals surface area contributed by atoms with Crippen molar-refractivity contribution in [3.63, 3.8) is 0 Å². The number of carbonyl (C=O) groups is 1. The molecule has 0 radical (unpaired) electrons. The molecule has 0 fully saturated rings. The molecule has 0 spiro atoms. The summed E-state index contributed by atoms with van der Waals surface area (Å²) in [6.07, 6.45) is 3.36. The molecular weight excluding hydrogens is 158 g/mol. The van der Waals surface area contributed by atoms with Crippen LogP contribution >= 0.6 is 12.6 Å². The molecule has 11 heavy (non-hydrogen) atoms. The normalized spacial score (nSPS) is 12.5. The Morgan fingerprint density at radius 1 is 1.73 bits per heavy atom. The van der Waals surface area contributed by atoms with Gasteiger partial charge in [0.1, 0.15) is 0 Å². The zero-order valence-electron chi connectivity index (χ0n) is 6.19. The van der Waals surface area contributed by atoms with E-state index in [0.29, 0.717) is 0 Å².